The van der Waals surface area contributed by atoms with Gasteiger partial charge in [0.1, 0.15) is 0 Å². The Hall–Kier alpha value is -2.29. The van der Waals surface area contributed by atoms with E-state index in [0.29, 0.717) is 30.0 Å². The van der Waals surface area contributed by atoms with Crippen molar-refractivity contribution in [1.82, 2.24) is 9.29 Å². The van der Waals surface area contributed by atoms with Crippen LogP contribution in [0.4, 0.5) is 5.13 Å². The molecule has 0 aliphatic rings. The Balaban J connectivity index is 1.72. The molecule has 1 aromatic heterocycles. The van der Waals surface area contributed by atoms with Crippen LogP contribution in [0.25, 0.3) is 10.2 Å². The van der Waals surface area contributed by atoms with Gasteiger partial charge in [0.25, 0.3) is 0 Å². The van der Waals surface area contributed by atoms with Crippen LogP contribution in [0.1, 0.15) is 18.9 Å². The Morgan fingerprint density at radius 2 is 1.93 bits per heavy atom. The standard InChI is InChI=1S/C19H21N3O3S2/c1-3-22(2)27(24,25)15-10-11-16-17(13-15)26-19(20-16)21-18(23)12-9-14-7-5-4-6-8-14/h4-8,10-11,13H,3,9,12H2,1-2H3,(H,20,21,23). The molecule has 0 bridgehead atoms. The summed E-state index contributed by atoms with van der Waals surface area (Å²) in [4.78, 5) is 16.8. The molecule has 27 heavy (non-hydrogen) atoms. The Morgan fingerprint density at radius 1 is 1.19 bits per heavy atom. The Bertz CT molecular complexity index is 1050. The van der Waals surface area contributed by atoms with Gasteiger partial charge in [-0.05, 0) is 30.2 Å². The first-order chi connectivity index (χ1) is 12.9. The zero-order valence-corrected chi connectivity index (χ0v) is 16.8. The molecule has 142 valence electrons. The van der Waals surface area contributed by atoms with Crippen molar-refractivity contribution < 1.29 is 13.2 Å². The topological polar surface area (TPSA) is 79.4 Å². The molecule has 6 nitrogen and oxygen atoms in total. The van der Waals surface area contributed by atoms with Crippen molar-refractivity contribution in [3.05, 3.63) is 54.1 Å². The van der Waals surface area contributed by atoms with Crippen LogP contribution in [-0.4, -0.2) is 37.2 Å². The lowest BCUT2D eigenvalue weighted by Crippen LogP contribution is -2.26. The molecular weight excluding hydrogens is 382 g/mol. The van der Waals surface area contributed by atoms with Crippen molar-refractivity contribution in [3.8, 4) is 0 Å². The van der Waals surface area contributed by atoms with Gasteiger partial charge in [-0.15, -0.1) is 0 Å². The number of aryl methyl sites for hydroxylation is 1. The first-order valence-corrected chi connectivity index (χ1v) is 10.9. The van der Waals surface area contributed by atoms with Gasteiger partial charge in [0, 0.05) is 20.0 Å². The number of nitrogens with zero attached hydrogens (tertiary/aromatic N) is 2. The van der Waals surface area contributed by atoms with Crippen molar-refractivity contribution in [1.29, 1.82) is 0 Å². The van der Waals surface area contributed by atoms with Crippen LogP contribution < -0.4 is 5.32 Å². The number of carbonyl (C=O) groups excluding carboxylic acids is 1. The van der Waals surface area contributed by atoms with Gasteiger partial charge in [-0.25, -0.2) is 17.7 Å². The number of aromatic nitrogens is 1. The number of rotatable bonds is 7. The van der Waals surface area contributed by atoms with E-state index in [4.69, 9.17) is 0 Å². The summed E-state index contributed by atoms with van der Waals surface area (Å²) < 4.78 is 26.9. The number of thiazole rings is 1. The van der Waals surface area contributed by atoms with Crippen molar-refractivity contribution in [2.75, 3.05) is 18.9 Å². The number of hydrogen-bond donors (Lipinski definition) is 1. The van der Waals surface area contributed by atoms with E-state index in [1.165, 1.54) is 15.6 Å². The summed E-state index contributed by atoms with van der Waals surface area (Å²) in [6, 6.07) is 14.6. The molecule has 0 radical (unpaired) electrons. The quantitative estimate of drug-likeness (QED) is 0.655. The van der Waals surface area contributed by atoms with E-state index in [-0.39, 0.29) is 10.8 Å². The van der Waals surface area contributed by atoms with Crippen molar-refractivity contribution >= 4 is 42.6 Å². The molecule has 0 spiro atoms. The van der Waals surface area contributed by atoms with Gasteiger partial charge in [0.2, 0.25) is 15.9 Å². The van der Waals surface area contributed by atoms with E-state index in [0.717, 1.165) is 10.3 Å². The molecule has 3 rings (SSSR count). The van der Waals surface area contributed by atoms with Crippen LogP contribution >= 0.6 is 11.3 Å². The molecule has 8 heteroatoms. The molecule has 1 N–H and O–H groups in total. The van der Waals surface area contributed by atoms with Crippen molar-refractivity contribution in [2.45, 2.75) is 24.7 Å². The van der Waals surface area contributed by atoms with Gasteiger partial charge in [-0.1, -0.05) is 48.6 Å². The van der Waals surface area contributed by atoms with Gasteiger partial charge in [0.05, 0.1) is 15.1 Å². The van der Waals surface area contributed by atoms with E-state index < -0.39 is 10.0 Å². The third-order valence-electron chi connectivity index (χ3n) is 4.24. The number of amides is 1. The lowest BCUT2D eigenvalue weighted by Gasteiger charge is -2.14. The van der Waals surface area contributed by atoms with Gasteiger partial charge in [0.15, 0.2) is 5.13 Å². The lowest BCUT2D eigenvalue weighted by atomic mass is 10.1. The highest BCUT2D eigenvalue weighted by atomic mass is 32.2. The van der Waals surface area contributed by atoms with Gasteiger partial charge in [-0.3, -0.25) is 4.79 Å². The largest absolute Gasteiger partial charge is 0.302 e. The molecular formula is C19H21N3O3S2. The van der Waals surface area contributed by atoms with E-state index in [1.807, 2.05) is 30.3 Å². The van der Waals surface area contributed by atoms with Crippen molar-refractivity contribution in [2.24, 2.45) is 0 Å². The molecule has 0 aliphatic carbocycles. The van der Waals surface area contributed by atoms with Crippen LogP contribution in [0, 0.1) is 0 Å². The third-order valence-corrected chi connectivity index (χ3v) is 7.11. The Kier molecular flexibility index (Phi) is 5.88. The maximum absolute atomic E-state index is 12.5. The van der Waals surface area contributed by atoms with Crippen molar-refractivity contribution in [3.63, 3.8) is 0 Å². The first-order valence-electron chi connectivity index (χ1n) is 8.61. The minimum Gasteiger partial charge on any atom is -0.302 e. The fraction of sp³-hybridized carbons (Fsp3) is 0.263. The highest BCUT2D eigenvalue weighted by Crippen LogP contribution is 2.29. The number of nitrogens with one attached hydrogen (secondary N) is 1. The Morgan fingerprint density at radius 3 is 2.63 bits per heavy atom. The monoisotopic (exact) mass is 403 g/mol. The number of anilines is 1. The predicted octanol–water partition coefficient (Wildman–Crippen LogP) is 3.51. The molecule has 0 unspecified atom stereocenters. The number of carbonyl (C=O) groups is 1. The van der Waals surface area contributed by atoms with Crippen LogP contribution in [0.15, 0.2) is 53.4 Å². The smallest absolute Gasteiger partial charge is 0.242 e. The second-order valence-electron chi connectivity index (χ2n) is 6.10. The highest BCUT2D eigenvalue weighted by Gasteiger charge is 2.20. The second-order valence-corrected chi connectivity index (χ2v) is 9.18. The third kappa shape index (κ3) is 4.52. The van der Waals surface area contributed by atoms with Crippen LogP contribution in [0.2, 0.25) is 0 Å². The SMILES string of the molecule is CCN(C)S(=O)(=O)c1ccc2nc(NC(=O)CCc3ccccc3)sc2c1. The summed E-state index contributed by atoms with van der Waals surface area (Å²) in [5.41, 5.74) is 1.77. The number of benzene rings is 2. The summed E-state index contributed by atoms with van der Waals surface area (Å²) in [7, 11) is -1.96. The fourth-order valence-corrected chi connectivity index (χ4v) is 4.76. The molecule has 0 fully saturated rings. The van der Waals surface area contributed by atoms with Crippen LogP contribution in [-0.2, 0) is 21.2 Å². The molecule has 3 aromatic rings. The zero-order valence-electron chi connectivity index (χ0n) is 15.2. The average molecular weight is 404 g/mol. The van der Waals surface area contributed by atoms with E-state index in [2.05, 4.69) is 10.3 Å². The molecule has 0 atom stereocenters. The fourth-order valence-electron chi connectivity index (χ4n) is 2.55. The minimum atomic E-state index is -3.51. The van der Waals surface area contributed by atoms with Gasteiger partial charge in [-0.2, -0.15) is 0 Å². The van der Waals surface area contributed by atoms with E-state index in [1.54, 1.807) is 32.2 Å². The predicted molar refractivity (Wildman–Crippen MR) is 109 cm³/mol. The number of hydrogen-bond acceptors (Lipinski definition) is 5. The van der Waals surface area contributed by atoms with Crippen LogP contribution in [0.3, 0.4) is 0 Å². The summed E-state index contributed by atoms with van der Waals surface area (Å²) in [5, 5.41) is 3.28. The second kappa shape index (κ2) is 8.16. The zero-order chi connectivity index (χ0) is 19.4. The molecule has 0 saturated heterocycles. The van der Waals surface area contributed by atoms with E-state index in [9.17, 15) is 13.2 Å². The van der Waals surface area contributed by atoms with Gasteiger partial charge < -0.3 is 5.32 Å². The number of fused-ring (bicyclic) bond motifs is 1. The van der Waals surface area contributed by atoms with Crippen LogP contribution in [0.5, 0.6) is 0 Å². The summed E-state index contributed by atoms with van der Waals surface area (Å²) >= 11 is 1.27. The Labute approximate surface area is 162 Å². The number of sulfonamides is 1. The van der Waals surface area contributed by atoms with E-state index >= 15 is 0 Å². The minimum absolute atomic E-state index is 0.114. The average Bonchev–Trinajstić information content (AvgIpc) is 3.07. The highest BCUT2D eigenvalue weighted by molar-refractivity contribution is 7.89. The lowest BCUT2D eigenvalue weighted by molar-refractivity contribution is -0.116. The first kappa shape index (κ1) is 19.5. The summed E-state index contributed by atoms with van der Waals surface area (Å²) in [5.74, 6) is -0.114. The summed E-state index contributed by atoms with van der Waals surface area (Å²) in [6.45, 7) is 2.18. The molecule has 0 saturated carbocycles. The molecule has 2 aromatic carbocycles. The molecule has 1 amide bonds. The van der Waals surface area contributed by atoms with Gasteiger partial charge >= 0.3 is 0 Å². The maximum atomic E-state index is 12.5. The molecule has 1 heterocycles. The summed E-state index contributed by atoms with van der Waals surface area (Å²) in [6.07, 6.45) is 1.02. The maximum Gasteiger partial charge on any atom is 0.242 e. The normalized spacial score (nSPS) is 11.8. The molecule has 0 aliphatic heterocycles.